The summed E-state index contributed by atoms with van der Waals surface area (Å²) in [4.78, 5) is 0. The maximum absolute atomic E-state index is 13.6. The van der Waals surface area contributed by atoms with Crippen molar-refractivity contribution < 1.29 is 76.1 Å². The Morgan fingerprint density at radius 2 is 1.00 bits per heavy atom. The average molecular weight is 658 g/mol. The zero-order valence-corrected chi connectivity index (χ0v) is 20.4. The van der Waals surface area contributed by atoms with Crippen LogP contribution in [0, 0.1) is 28.6 Å². The Labute approximate surface area is 233 Å². The second kappa shape index (κ2) is 10.7. The Morgan fingerprint density at radius 3 is 1.30 bits per heavy atom. The van der Waals surface area contributed by atoms with E-state index < -0.39 is 104 Å². The highest BCUT2D eigenvalue weighted by molar-refractivity contribution is 6.05. The molecule has 1 aliphatic heterocycles. The first kappa shape index (κ1) is 34.3. The fourth-order valence-electron chi connectivity index (χ4n) is 4.20. The molecule has 1 aliphatic rings. The van der Waals surface area contributed by atoms with Crippen molar-refractivity contribution >= 4 is 11.4 Å². The van der Waals surface area contributed by atoms with Crippen LogP contribution in [-0.2, 0) is 24.7 Å². The molecule has 0 saturated carbocycles. The minimum Gasteiger partial charge on any atom is -0.383 e. The number of anilines is 1. The molecule has 3 rings (SSSR count). The van der Waals surface area contributed by atoms with Crippen molar-refractivity contribution in [3.8, 4) is 12.1 Å². The molecule has 2 N–H and O–H groups in total. The number of benzene rings is 2. The van der Waals surface area contributed by atoms with Gasteiger partial charge in [0.05, 0.1) is 50.7 Å². The normalized spacial score (nSPS) is 19.0. The topological polar surface area (TPSA) is 104 Å². The first-order valence-electron chi connectivity index (χ1n) is 11.0. The van der Waals surface area contributed by atoms with Crippen LogP contribution in [0.15, 0.2) is 29.4 Å². The van der Waals surface area contributed by atoms with E-state index in [0.717, 1.165) is 0 Å². The summed E-state index contributed by atoms with van der Waals surface area (Å²) in [5, 5.41) is 41.0. The van der Waals surface area contributed by atoms with E-state index in [-0.39, 0.29) is 24.3 Å². The van der Waals surface area contributed by atoms with E-state index >= 15 is 0 Å². The van der Waals surface area contributed by atoms with E-state index in [1.807, 2.05) is 0 Å². The standard InChI is InChI=1S/C23H9F15N4O2/c24-19(25,26)11-1-7(2-12(9(11)5-39)20(27,28)29)16-15(17(43)23(36,37)38)18(44)42(41-16)8-3-13(21(30,31)32)10(6-40)14(4-8)22(33,34)35/h1-4,15,17-18,43-44H. The van der Waals surface area contributed by atoms with E-state index in [9.17, 15) is 76.1 Å². The molecule has 0 amide bonds. The number of aliphatic hydroxyl groups is 2. The summed E-state index contributed by atoms with van der Waals surface area (Å²) in [6, 6.07) is 0.0193. The summed E-state index contributed by atoms with van der Waals surface area (Å²) in [7, 11) is 0. The van der Waals surface area contributed by atoms with Gasteiger partial charge >= 0.3 is 30.9 Å². The van der Waals surface area contributed by atoms with Crippen LogP contribution in [0.1, 0.15) is 38.9 Å². The van der Waals surface area contributed by atoms with E-state index in [2.05, 4.69) is 5.10 Å². The highest BCUT2D eigenvalue weighted by Gasteiger charge is 2.54. The molecule has 0 fully saturated rings. The predicted molar refractivity (Wildman–Crippen MR) is 113 cm³/mol. The second-order valence-electron chi connectivity index (χ2n) is 8.83. The van der Waals surface area contributed by atoms with Crippen molar-refractivity contribution in [3.63, 3.8) is 0 Å². The van der Waals surface area contributed by atoms with Gasteiger partial charge in [-0.3, -0.25) is 0 Å². The second-order valence-corrected chi connectivity index (χ2v) is 8.83. The van der Waals surface area contributed by atoms with Gasteiger partial charge in [-0.1, -0.05) is 0 Å². The van der Waals surface area contributed by atoms with Gasteiger partial charge in [-0.15, -0.1) is 0 Å². The van der Waals surface area contributed by atoms with Crippen LogP contribution >= 0.6 is 0 Å². The summed E-state index contributed by atoms with van der Waals surface area (Å²) < 4.78 is 204. The number of hydrogen-bond donors (Lipinski definition) is 2. The molecule has 6 nitrogen and oxygen atoms in total. The number of rotatable bonds is 3. The third kappa shape index (κ3) is 6.33. The van der Waals surface area contributed by atoms with Crippen LogP contribution in [0.5, 0.6) is 0 Å². The number of hydrazone groups is 1. The fourth-order valence-corrected chi connectivity index (χ4v) is 4.20. The zero-order chi connectivity index (χ0) is 34.0. The average Bonchev–Trinajstić information content (AvgIpc) is 3.20. The highest BCUT2D eigenvalue weighted by Crippen LogP contribution is 2.46. The molecule has 44 heavy (non-hydrogen) atoms. The molecule has 2 aromatic rings. The summed E-state index contributed by atoms with van der Waals surface area (Å²) >= 11 is 0. The third-order valence-corrected chi connectivity index (χ3v) is 6.05. The zero-order valence-electron chi connectivity index (χ0n) is 20.4. The summed E-state index contributed by atoms with van der Waals surface area (Å²) in [5.41, 5.74) is -18.5. The lowest BCUT2D eigenvalue weighted by Crippen LogP contribution is -2.47. The Hall–Kier alpha value is -4.24. The molecular formula is C23H9F15N4O2. The van der Waals surface area contributed by atoms with Gasteiger partial charge in [0.2, 0.25) is 0 Å². The van der Waals surface area contributed by atoms with Gasteiger partial charge in [0.1, 0.15) is 12.1 Å². The first-order chi connectivity index (χ1) is 19.7. The molecule has 0 saturated heterocycles. The molecule has 238 valence electrons. The van der Waals surface area contributed by atoms with Crippen molar-refractivity contribution in [3.05, 3.63) is 63.2 Å². The third-order valence-electron chi connectivity index (χ3n) is 6.05. The van der Waals surface area contributed by atoms with Crippen LogP contribution < -0.4 is 5.01 Å². The van der Waals surface area contributed by atoms with Crippen LogP contribution in [0.25, 0.3) is 0 Å². The molecular weight excluding hydrogens is 649 g/mol. The maximum atomic E-state index is 13.6. The van der Waals surface area contributed by atoms with Crippen LogP contribution in [0.3, 0.4) is 0 Å². The van der Waals surface area contributed by atoms with E-state index in [4.69, 9.17) is 10.5 Å². The molecule has 2 aromatic carbocycles. The lowest BCUT2D eigenvalue weighted by atomic mass is 9.87. The van der Waals surface area contributed by atoms with Gasteiger partial charge in [-0.05, 0) is 29.8 Å². The van der Waals surface area contributed by atoms with Crippen LogP contribution in [0.2, 0.25) is 0 Å². The molecule has 3 unspecified atom stereocenters. The summed E-state index contributed by atoms with van der Waals surface area (Å²) in [6.45, 7) is 0. The monoisotopic (exact) mass is 658 g/mol. The first-order valence-corrected chi connectivity index (χ1v) is 11.0. The number of nitrogens with zero attached hydrogens (tertiary/aromatic N) is 4. The number of halogens is 15. The van der Waals surface area contributed by atoms with Crippen molar-refractivity contribution in [2.45, 2.75) is 43.2 Å². The van der Waals surface area contributed by atoms with E-state index in [1.54, 1.807) is 0 Å². The Balaban J connectivity index is 2.47. The van der Waals surface area contributed by atoms with Gasteiger partial charge in [0, 0.05) is 0 Å². The maximum Gasteiger partial charge on any atom is 0.417 e. The number of alkyl halides is 15. The van der Waals surface area contributed by atoms with Gasteiger partial charge in [0.15, 0.2) is 12.3 Å². The van der Waals surface area contributed by atoms with Gasteiger partial charge < -0.3 is 10.2 Å². The lowest BCUT2D eigenvalue weighted by molar-refractivity contribution is -0.218. The molecule has 3 atom stereocenters. The van der Waals surface area contributed by atoms with Crippen LogP contribution in [-0.4, -0.2) is 34.4 Å². The van der Waals surface area contributed by atoms with Crippen molar-refractivity contribution in [1.29, 1.82) is 10.5 Å². The van der Waals surface area contributed by atoms with Crippen LogP contribution in [0.4, 0.5) is 71.5 Å². The Kier molecular flexibility index (Phi) is 8.35. The van der Waals surface area contributed by atoms with Gasteiger partial charge in [0.25, 0.3) is 0 Å². The van der Waals surface area contributed by atoms with E-state index in [0.29, 0.717) is 12.1 Å². The molecule has 0 bridgehead atoms. The van der Waals surface area contributed by atoms with Crippen molar-refractivity contribution in [2.24, 2.45) is 11.0 Å². The van der Waals surface area contributed by atoms with Crippen molar-refractivity contribution in [2.75, 3.05) is 5.01 Å². The minimum atomic E-state index is -5.85. The SMILES string of the molecule is N#Cc1c(C(F)(F)F)cc(C2=NN(c3cc(C(F)(F)F)c(C#N)c(C(F)(F)F)c3)C(O)C2C(O)C(F)(F)F)cc1C(F)(F)F. The molecule has 1 heterocycles. The largest absolute Gasteiger partial charge is 0.417 e. The number of aliphatic hydroxyl groups excluding tert-OH is 2. The minimum absolute atomic E-state index is 0.304. The number of hydrogen-bond acceptors (Lipinski definition) is 6. The predicted octanol–water partition coefficient (Wildman–Crippen LogP) is 6.59. The number of nitriles is 2. The highest BCUT2D eigenvalue weighted by atomic mass is 19.4. The van der Waals surface area contributed by atoms with Gasteiger partial charge in [-0.2, -0.15) is 81.5 Å². The molecule has 0 aromatic heterocycles. The Morgan fingerprint density at radius 1 is 0.659 bits per heavy atom. The smallest absolute Gasteiger partial charge is 0.383 e. The molecule has 0 spiro atoms. The molecule has 0 radical (unpaired) electrons. The quantitative estimate of drug-likeness (QED) is 0.363. The van der Waals surface area contributed by atoms with E-state index in [1.165, 1.54) is 0 Å². The van der Waals surface area contributed by atoms with Crippen molar-refractivity contribution in [1.82, 2.24) is 0 Å². The molecule has 0 aliphatic carbocycles. The Bertz CT molecular complexity index is 1500. The lowest BCUT2D eigenvalue weighted by Gasteiger charge is -2.28. The summed E-state index contributed by atoms with van der Waals surface area (Å²) in [5.74, 6) is -3.15. The summed E-state index contributed by atoms with van der Waals surface area (Å²) in [6.07, 6.45) is -36.1. The molecule has 21 heteroatoms. The van der Waals surface area contributed by atoms with Gasteiger partial charge in [-0.25, -0.2) is 5.01 Å². The fraction of sp³-hybridized carbons (Fsp3) is 0.348.